The normalized spacial score (nSPS) is 61.5. The quantitative estimate of drug-likeness (QED) is 0.484. The summed E-state index contributed by atoms with van der Waals surface area (Å²) in [5, 5.41) is 21.7. The molecule has 5 saturated carbocycles. The highest BCUT2D eigenvalue weighted by Gasteiger charge is 2.72. The van der Waals surface area contributed by atoms with Crippen molar-refractivity contribution in [3.8, 4) is 0 Å². The lowest BCUT2D eigenvalue weighted by molar-refractivity contribution is -0.251. The number of hydrogen-bond acceptors (Lipinski definition) is 3. The molecule has 11 atom stereocenters. The molecular weight excluding hydrogens is 408 g/mol. The molecule has 0 amide bonds. The van der Waals surface area contributed by atoms with Crippen molar-refractivity contribution in [3.63, 3.8) is 0 Å². The maximum atomic E-state index is 10.9. The first-order valence-corrected chi connectivity index (χ1v) is 14.3. The zero-order valence-electron chi connectivity index (χ0n) is 22.3. The number of ether oxygens (including phenoxy) is 1. The van der Waals surface area contributed by atoms with Crippen LogP contribution in [0.5, 0.6) is 0 Å². The van der Waals surface area contributed by atoms with Crippen LogP contribution < -0.4 is 0 Å². The van der Waals surface area contributed by atoms with E-state index in [0.717, 1.165) is 24.9 Å². The second kappa shape index (κ2) is 6.80. The van der Waals surface area contributed by atoms with E-state index in [1.54, 1.807) is 0 Å². The predicted molar refractivity (Wildman–Crippen MR) is 132 cm³/mol. The number of aliphatic hydroxyl groups excluding tert-OH is 2. The fourth-order valence-corrected chi connectivity index (χ4v) is 12.0. The summed E-state index contributed by atoms with van der Waals surface area (Å²) in [4.78, 5) is 0. The van der Waals surface area contributed by atoms with Gasteiger partial charge in [0.05, 0.1) is 18.3 Å². The summed E-state index contributed by atoms with van der Waals surface area (Å²) in [6.07, 6.45) is 12.2. The first kappa shape index (κ1) is 23.3. The minimum Gasteiger partial charge on any atom is -0.396 e. The number of hydrogen-bond donors (Lipinski definition) is 2. The van der Waals surface area contributed by atoms with Crippen LogP contribution in [0, 0.1) is 56.7 Å². The lowest BCUT2D eigenvalue weighted by atomic mass is 9.32. The smallest absolute Gasteiger partial charge is 0.0919 e. The van der Waals surface area contributed by atoms with Gasteiger partial charge in [0.2, 0.25) is 0 Å². The van der Waals surface area contributed by atoms with Gasteiger partial charge in [-0.15, -0.1) is 0 Å². The molecule has 3 nitrogen and oxygen atoms in total. The largest absolute Gasteiger partial charge is 0.396 e. The molecule has 1 heterocycles. The Hall–Kier alpha value is -0.120. The van der Waals surface area contributed by atoms with Gasteiger partial charge in [0.25, 0.3) is 0 Å². The van der Waals surface area contributed by atoms with Gasteiger partial charge in [-0.25, -0.2) is 0 Å². The van der Waals surface area contributed by atoms with Crippen molar-refractivity contribution < 1.29 is 14.9 Å². The lowest BCUT2D eigenvalue weighted by Crippen LogP contribution is -2.67. The topological polar surface area (TPSA) is 53.0 Å². The van der Waals surface area contributed by atoms with Crippen LogP contribution in [0.1, 0.15) is 106 Å². The minimum atomic E-state index is -0.148. The standard InChI is InChI=1S/C30H50O3/c1-25(2)21-10-13-28(5)22(26(21,3)12-11-23(25)32)8-7-19-24-20(29(6)18-33-29)9-14-30(24,17-31)16-15-27(19,28)4/h19-24,31-32H,7-18H2,1-6H3/t19-,20+,21-,22+,23-,24+,26-,27+,28+,29-,30+/m0/s1. The summed E-state index contributed by atoms with van der Waals surface area (Å²) in [6, 6.07) is 0. The first-order chi connectivity index (χ1) is 15.4. The summed E-state index contributed by atoms with van der Waals surface area (Å²) in [7, 11) is 0. The third-order valence-electron chi connectivity index (χ3n) is 14.3. The number of rotatable bonds is 2. The van der Waals surface area contributed by atoms with E-state index in [2.05, 4.69) is 41.5 Å². The summed E-state index contributed by atoms with van der Waals surface area (Å²) in [5.74, 6) is 3.36. The summed E-state index contributed by atoms with van der Waals surface area (Å²) in [6.45, 7) is 16.4. The Bertz CT molecular complexity index is 817. The SMILES string of the molecule is CC1(C)[C@@H](O)CC[C@]2(C)[C@H]3CC[C@H]4[C@@H]5[C@H]([C@]6(C)CO6)CC[C@]5(CO)CC[C@@]4(C)[C@]3(C)CC[C@@H]12. The van der Waals surface area contributed by atoms with Crippen molar-refractivity contribution in [2.75, 3.05) is 13.2 Å². The molecule has 5 aliphatic carbocycles. The Balaban J connectivity index is 1.39. The fourth-order valence-electron chi connectivity index (χ4n) is 12.0. The molecule has 33 heavy (non-hydrogen) atoms. The second-order valence-corrected chi connectivity index (χ2v) is 15.3. The molecule has 0 unspecified atom stereocenters. The van der Waals surface area contributed by atoms with Crippen molar-refractivity contribution in [3.05, 3.63) is 0 Å². The van der Waals surface area contributed by atoms with E-state index in [-0.39, 0.29) is 22.5 Å². The van der Waals surface area contributed by atoms with Gasteiger partial charge in [-0.3, -0.25) is 0 Å². The highest BCUT2D eigenvalue weighted by molar-refractivity contribution is 5.21. The Morgan fingerprint density at radius 3 is 2.12 bits per heavy atom. The van der Waals surface area contributed by atoms with Crippen LogP contribution in [0.2, 0.25) is 0 Å². The monoisotopic (exact) mass is 458 g/mol. The first-order valence-electron chi connectivity index (χ1n) is 14.3. The molecule has 0 aromatic rings. The molecule has 1 saturated heterocycles. The average molecular weight is 459 g/mol. The van der Waals surface area contributed by atoms with E-state index < -0.39 is 0 Å². The molecule has 6 aliphatic rings. The van der Waals surface area contributed by atoms with E-state index in [0.29, 0.717) is 40.6 Å². The third kappa shape index (κ3) is 2.69. The summed E-state index contributed by atoms with van der Waals surface area (Å²) in [5.41, 5.74) is 1.30. The Labute approximate surface area is 202 Å². The van der Waals surface area contributed by atoms with Gasteiger partial charge in [-0.2, -0.15) is 0 Å². The molecule has 0 aromatic heterocycles. The maximum absolute atomic E-state index is 10.9. The van der Waals surface area contributed by atoms with Gasteiger partial charge in [0.15, 0.2) is 0 Å². The van der Waals surface area contributed by atoms with Crippen LogP contribution in [0.3, 0.4) is 0 Å². The molecule has 0 bridgehead atoms. The van der Waals surface area contributed by atoms with Gasteiger partial charge >= 0.3 is 0 Å². The van der Waals surface area contributed by atoms with Gasteiger partial charge in [0.1, 0.15) is 0 Å². The van der Waals surface area contributed by atoms with Crippen molar-refractivity contribution >= 4 is 0 Å². The van der Waals surface area contributed by atoms with E-state index in [1.807, 2.05) is 0 Å². The molecule has 0 radical (unpaired) electrons. The highest BCUT2D eigenvalue weighted by atomic mass is 16.6. The van der Waals surface area contributed by atoms with E-state index >= 15 is 0 Å². The number of fused-ring (bicyclic) bond motifs is 7. The Morgan fingerprint density at radius 2 is 1.45 bits per heavy atom. The van der Waals surface area contributed by atoms with Crippen LogP contribution in [0.15, 0.2) is 0 Å². The van der Waals surface area contributed by atoms with Crippen molar-refractivity contribution in [2.24, 2.45) is 56.7 Å². The van der Waals surface area contributed by atoms with Gasteiger partial charge in [0, 0.05) is 6.61 Å². The fraction of sp³-hybridized carbons (Fsp3) is 1.00. The lowest BCUT2D eigenvalue weighted by Gasteiger charge is -2.73. The number of epoxide rings is 1. The van der Waals surface area contributed by atoms with Crippen molar-refractivity contribution in [1.82, 2.24) is 0 Å². The molecule has 1 aliphatic heterocycles. The predicted octanol–water partition coefficient (Wildman–Crippen LogP) is 6.21. The van der Waals surface area contributed by atoms with Crippen LogP contribution in [-0.2, 0) is 4.74 Å². The summed E-state index contributed by atoms with van der Waals surface area (Å²) >= 11 is 0. The third-order valence-corrected chi connectivity index (χ3v) is 14.3. The molecule has 6 rings (SSSR count). The Kier molecular flexibility index (Phi) is 4.80. The van der Waals surface area contributed by atoms with E-state index in [4.69, 9.17) is 4.74 Å². The molecule has 3 heteroatoms. The summed E-state index contributed by atoms with van der Waals surface area (Å²) < 4.78 is 6.08. The molecule has 188 valence electrons. The van der Waals surface area contributed by atoms with Gasteiger partial charge < -0.3 is 14.9 Å². The van der Waals surface area contributed by atoms with Crippen LogP contribution >= 0.6 is 0 Å². The van der Waals surface area contributed by atoms with Crippen molar-refractivity contribution in [1.29, 1.82) is 0 Å². The number of aliphatic hydroxyl groups is 2. The zero-order chi connectivity index (χ0) is 23.7. The average Bonchev–Trinajstić information content (AvgIpc) is 3.38. The minimum absolute atomic E-state index is 0.0269. The molecule has 0 spiro atoms. The van der Waals surface area contributed by atoms with E-state index in [1.165, 1.54) is 57.8 Å². The molecule has 6 fully saturated rings. The zero-order valence-corrected chi connectivity index (χ0v) is 22.3. The second-order valence-electron chi connectivity index (χ2n) is 15.3. The van der Waals surface area contributed by atoms with Crippen LogP contribution in [-0.4, -0.2) is 35.1 Å². The van der Waals surface area contributed by atoms with E-state index in [9.17, 15) is 10.2 Å². The van der Waals surface area contributed by atoms with Crippen LogP contribution in [0.25, 0.3) is 0 Å². The highest BCUT2D eigenvalue weighted by Crippen LogP contribution is 2.78. The van der Waals surface area contributed by atoms with Crippen LogP contribution in [0.4, 0.5) is 0 Å². The maximum Gasteiger partial charge on any atom is 0.0919 e. The molecular formula is C30H50O3. The Morgan fingerprint density at radius 1 is 0.727 bits per heavy atom. The molecule has 0 aromatic carbocycles. The van der Waals surface area contributed by atoms with Gasteiger partial charge in [-0.05, 0) is 128 Å². The van der Waals surface area contributed by atoms with Crippen molar-refractivity contribution in [2.45, 2.75) is 117 Å². The van der Waals surface area contributed by atoms with Gasteiger partial charge in [-0.1, -0.05) is 34.6 Å². The molecule has 2 N–H and O–H groups in total.